The number of carbonyl (C=O) groups is 1. The highest BCUT2D eigenvalue weighted by Crippen LogP contribution is 2.40. The molecule has 1 spiro atoms. The van der Waals surface area contributed by atoms with Crippen LogP contribution in [0.5, 0.6) is 0 Å². The largest absolute Gasteiger partial charge is 0.379 e. The molecule has 28 heavy (non-hydrogen) atoms. The van der Waals surface area contributed by atoms with E-state index >= 15 is 0 Å². The van der Waals surface area contributed by atoms with Gasteiger partial charge in [0.2, 0.25) is 5.91 Å². The summed E-state index contributed by atoms with van der Waals surface area (Å²) in [4.78, 5) is 14.1. The zero-order valence-electron chi connectivity index (χ0n) is 16.4. The highest BCUT2D eigenvalue weighted by molar-refractivity contribution is 5.74. The molecule has 1 atom stereocenters. The third kappa shape index (κ3) is 4.20. The molecule has 2 aliphatic heterocycles. The Balaban J connectivity index is 1.45. The van der Waals surface area contributed by atoms with Gasteiger partial charge in [0, 0.05) is 37.8 Å². The molecule has 0 aromatic heterocycles. The Kier molecular flexibility index (Phi) is 5.36. The maximum atomic E-state index is 13.1. The van der Waals surface area contributed by atoms with Crippen molar-refractivity contribution in [1.82, 2.24) is 10.2 Å². The molecular weight excluding hydrogens is 353 g/mol. The lowest BCUT2D eigenvalue weighted by molar-refractivity contribution is -0.119. The van der Waals surface area contributed by atoms with Crippen LogP contribution in [0.15, 0.2) is 48.5 Å². The summed E-state index contributed by atoms with van der Waals surface area (Å²) in [5, 5.41) is 6.97. The minimum Gasteiger partial charge on any atom is -0.379 e. The maximum absolute atomic E-state index is 13.1. The van der Waals surface area contributed by atoms with Gasteiger partial charge in [0.15, 0.2) is 0 Å². The van der Waals surface area contributed by atoms with Crippen molar-refractivity contribution in [1.29, 1.82) is 0 Å². The summed E-state index contributed by atoms with van der Waals surface area (Å²) in [6.45, 7) is 4.47. The Morgan fingerprint density at radius 3 is 2.57 bits per heavy atom. The Bertz CT molecular complexity index is 828. The average Bonchev–Trinajstić information content (AvgIpc) is 2.83. The van der Waals surface area contributed by atoms with Gasteiger partial charge in [0.25, 0.3) is 0 Å². The first kappa shape index (κ1) is 18.9. The lowest BCUT2D eigenvalue weighted by Gasteiger charge is -2.42. The predicted octanol–water partition coefficient (Wildman–Crippen LogP) is 4.24. The molecule has 4 rings (SSSR count). The van der Waals surface area contributed by atoms with E-state index in [4.69, 9.17) is 0 Å². The fourth-order valence-electron chi connectivity index (χ4n) is 4.60. The third-order valence-corrected chi connectivity index (χ3v) is 6.16. The van der Waals surface area contributed by atoms with E-state index in [9.17, 15) is 9.18 Å². The van der Waals surface area contributed by atoms with E-state index in [2.05, 4.69) is 33.7 Å². The number of anilines is 1. The molecule has 148 valence electrons. The molecule has 2 aromatic rings. The van der Waals surface area contributed by atoms with Crippen molar-refractivity contribution in [3.8, 4) is 0 Å². The molecular formula is C23H28FN3O. The van der Waals surface area contributed by atoms with E-state index in [0.717, 1.165) is 56.6 Å². The topological polar surface area (TPSA) is 44.4 Å². The van der Waals surface area contributed by atoms with Crippen LogP contribution in [0.3, 0.4) is 0 Å². The number of nitrogens with one attached hydrogen (secondary N) is 2. The van der Waals surface area contributed by atoms with Crippen molar-refractivity contribution in [3.63, 3.8) is 0 Å². The van der Waals surface area contributed by atoms with Crippen LogP contribution >= 0.6 is 0 Å². The Morgan fingerprint density at radius 1 is 1.14 bits per heavy atom. The van der Waals surface area contributed by atoms with Crippen molar-refractivity contribution in [2.75, 3.05) is 18.4 Å². The summed E-state index contributed by atoms with van der Waals surface area (Å²) >= 11 is 0. The summed E-state index contributed by atoms with van der Waals surface area (Å²) in [7, 11) is 0. The SMILES string of the molecule is CC(=O)N[C@H]1CCC2(CCN(Cc3ccc(F)cc3)CC2)Nc2ccccc21. The highest BCUT2D eigenvalue weighted by atomic mass is 19.1. The number of nitrogens with zero attached hydrogens (tertiary/aromatic N) is 1. The van der Waals surface area contributed by atoms with Crippen LogP contribution in [-0.4, -0.2) is 29.4 Å². The Morgan fingerprint density at radius 2 is 1.86 bits per heavy atom. The van der Waals surface area contributed by atoms with Gasteiger partial charge in [-0.05, 0) is 55.0 Å². The Hall–Kier alpha value is -2.40. The smallest absolute Gasteiger partial charge is 0.217 e. The molecule has 5 heteroatoms. The monoisotopic (exact) mass is 381 g/mol. The lowest BCUT2D eigenvalue weighted by atomic mass is 9.82. The van der Waals surface area contributed by atoms with Gasteiger partial charge in [0.05, 0.1) is 6.04 Å². The maximum Gasteiger partial charge on any atom is 0.217 e. The molecule has 2 N–H and O–H groups in total. The fraction of sp³-hybridized carbons (Fsp3) is 0.435. The molecule has 4 nitrogen and oxygen atoms in total. The third-order valence-electron chi connectivity index (χ3n) is 6.16. The van der Waals surface area contributed by atoms with Crippen LogP contribution in [-0.2, 0) is 11.3 Å². The number of amides is 1. The van der Waals surface area contributed by atoms with Gasteiger partial charge in [0.1, 0.15) is 5.82 Å². The van der Waals surface area contributed by atoms with E-state index in [-0.39, 0.29) is 23.3 Å². The minimum absolute atomic E-state index is 0.0184. The fourth-order valence-corrected chi connectivity index (χ4v) is 4.60. The molecule has 2 heterocycles. The molecule has 2 aromatic carbocycles. The van der Waals surface area contributed by atoms with Gasteiger partial charge in [-0.1, -0.05) is 30.3 Å². The van der Waals surface area contributed by atoms with Crippen LogP contribution in [0.4, 0.5) is 10.1 Å². The molecule has 1 saturated heterocycles. The number of carbonyl (C=O) groups excluding carboxylic acids is 1. The highest BCUT2D eigenvalue weighted by Gasteiger charge is 2.38. The number of hydrogen-bond acceptors (Lipinski definition) is 3. The average molecular weight is 381 g/mol. The molecule has 1 fully saturated rings. The number of halogens is 1. The van der Waals surface area contributed by atoms with E-state index < -0.39 is 0 Å². The van der Waals surface area contributed by atoms with E-state index in [1.165, 1.54) is 17.7 Å². The number of fused-ring (bicyclic) bond motifs is 1. The second-order valence-corrected chi connectivity index (χ2v) is 8.19. The van der Waals surface area contributed by atoms with Gasteiger partial charge >= 0.3 is 0 Å². The van der Waals surface area contributed by atoms with Gasteiger partial charge in [-0.25, -0.2) is 4.39 Å². The molecule has 0 aliphatic carbocycles. The minimum atomic E-state index is -0.184. The quantitative estimate of drug-likeness (QED) is 0.836. The first-order valence-corrected chi connectivity index (χ1v) is 10.1. The second kappa shape index (κ2) is 7.92. The summed E-state index contributed by atoms with van der Waals surface area (Å²) in [6, 6.07) is 15.2. The molecule has 1 amide bonds. The van der Waals surface area contributed by atoms with E-state index in [0.29, 0.717) is 0 Å². The van der Waals surface area contributed by atoms with Crippen LogP contribution in [0.1, 0.15) is 49.8 Å². The number of rotatable bonds is 3. The van der Waals surface area contributed by atoms with E-state index in [1.54, 1.807) is 6.92 Å². The summed E-state index contributed by atoms with van der Waals surface area (Å²) < 4.78 is 13.1. The summed E-state index contributed by atoms with van der Waals surface area (Å²) in [5.74, 6) is -0.165. The van der Waals surface area contributed by atoms with Crippen molar-refractivity contribution in [2.24, 2.45) is 0 Å². The standard InChI is InChI=1S/C23H28FN3O/c1-17(28)25-21-10-11-23(26-22-5-3-2-4-20(21)22)12-14-27(15-13-23)16-18-6-8-19(24)9-7-18/h2-9,21,26H,10-16H2,1H3,(H,25,28)/t21-/m0/s1. The first-order chi connectivity index (χ1) is 13.5. The zero-order valence-corrected chi connectivity index (χ0v) is 16.4. The van der Waals surface area contributed by atoms with Gasteiger partial charge in [-0.2, -0.15) is 0 Å². The molecule has 0 bridgehead atoms. The van der Waals surface area contributed by atoms with Crippen LogP contribution < -0.4 is 10.6 Å². The summed E-state index contributed by atoms with van der Waals surface area (Å²) in [6.07, 6.45) is 4.11. The van der Waals surface area contributed by atoms with Crippen LogP contribution in [0.2, 0.25) is 0 Å². The number of hydrogen-bond donors (Lipinski definition) is 2. The van der Waals surface area contributed by atoms with Crippen molar-refractivity contribution in [2.45, 2.75) is 50.7 Å². The van der Waals surface area contributed by atoms with Crippen molar-refractivity contribution >= 4 is 11.6 Å². The number of piperidine rings is 1. The zero-order chi connectivity index (χ0) is 19.6. The molecule has 0 unspecified atom stereocenters. The molecule has 2 aliphatic rings. The van der Waals surface area contributed by atoms with E-state index in [1.807, 2.05) is 18.2 Å². The van der Waals surface area contributed by atoms with Gasteiger partial charge in [-0.15, -0.1) is 0 Å². The second-order valence-electron chi connectivity index (χ2n) is 8.19. The van der Waals surface area contributed by atoms with Crippen LogP contribution in [0.25, 0.3) is 0 Å². The Labute approximate surface area is 166 Å². The first-order valence-electron chi connectivity index (χ1n) is 10.1. The molecule has 0 saturated carbocycles. The lowest BCUT2D eigenvalue weighted by Crippen LogP contribution is -2.48. The normalized spacial score (nSPS) is 21.4. The van der Waals surface area contributed by atoms with Crippen molar-refractivity contribution in [3.05, 3.63) is 65.5 Å². The number of likely N-dealkylation sites (tertiary alicyclic amines) is 1. The van der Waals surface area contributed by atoms with Crippen LogP contribution in [0, 0.1) is 5.82 Å². The molecule has 0 radical (unpaired) electrons. The summed E-state index contributed by atoms with van der Waals surface area (Å²) in [5.41, 5.74) is 3.55. The predicted molar refractivity (Wildman–Crippen MR) is 109 cm³/mol. The number of benzene rings is 2. The van der Waals surface area contributed by atoms with Crippen molar-refractivity contribution < 1.29 is 9.18 Å². The van der Waals surface area contributed by atoms with Gasteiger partial charge in [-0.3, -0.25) is 9.69 Å². The van der Waals surface area contributed by atoms with Gasteiger partial charge < -0.3 is 10.6 Å². The number of para-hydroxylation sites is 1.